The minimum absolute atomic E-state index is 0.0914. The second kappa shape index (κ2) is 10.0. The average molecular weight is 477 g/mol. The van der Waals surface area contributed by atoms with E-state index in [0.29, 0.717) is 49.3 Å². The number of carbonyl (C=O) groups excluding carboxylic acids is 1. The van der Waals surface area contributed by atoms with Crippen molar-refractivity contribution in [1.29, 1.82) is 0 Å². The van der Waals surface area contributed by atoms with Gasteiger partial charge in [-0.15, -0.1) is 0 Å². The van der Waals surface area contributed by atoms with Crippen LogP contribution in [0.5, 0.6) is 0 Å². The first-order chi connectivity index (χ1) is 16.3. The molecule has 34 heavy (non-hydrogen) atoms. The summed E-state index contributed by atoms with van der Waals surface area (Å²) in [6.07, 6.45) is -1.62. The van der Waals surface area contributed by atoms with Gasteiger partial charge in [-0.05, 0) is 12.1 Å². The quantitative estimate of drug-likeness (QED) is 0.492. The van der Waals surface area contributed by atoms with Gasteiger partial charge in [0.15, 0.2) is 0 Å². The summed E-state index contributed by atoms with van der Waals surface area (Å²) in [6.45, 7) is 2.19. The van der Waals surface area contributed by atoms with Gasteiger partial charge in [0.25, 0.3) is 5.56 Å². The maximum absolute atomic E-state index is 12.6. The first-order valence-electron chi connectivity index (χ1n) is 10.5. The summed E-state index contributed by atoms with van der Waals surface area (Å²) >= 11 is 0. The molecule has 0 radical (unpaired) electrons. The summed E-state index contributed by atoms with van der Waals surface area (Å²) in [7, 11) is 0. The van der Waals surface area contributed by atoms with Gasteiger partial charge in [-0.3, -0.25) is 9.59 Å². The Labute approximate surface area is 191 Å². The van der Waals surface area contributed by atoms with Crippen LogP contribution < -0.4 is 15.8 Å². The van der Waals surface area contributed by atoms with Crippen LogP contribution in [0.3, 0.4) is 0 Å². The highest BCUT2D eigenvalue weighted by molar-refractivity contribution is 5.89. The summed E-state index contributed by atoms with van der Waals surface area (Å²) in [5.74, 6) is 0.0266. The van der Waals surface area contributed by atoms with Crippen molar-refractivity contribution in [3.05, 3.63) is 52.8 Å². The minimum atomic E-state index is -4.48. The third kappa shape index (κ3) is 5.42. The molecule has 2 N–H and O–H groups in total. The van der Waals surface area contributed by atoms with Gasteiger partial charge in [-0.1, -0.05) is 6.07 Å². The van der Waals surface area contributed by atoms with E-state index in [1.165, 1.54) is 6.33 Å². The Hall–Kier alpha value is -3.74. The van der Waals surface area contributed by atoms with Gasteiger partial charge in [0.2, 0.25) is 11.9 Å². The fraction of sp³-hybridized carbons (Fsp3) is 0.381. The number of para-hydroxylation sites is 1. The average Bonchev–Trinajstić information content (AvgIpc) is 2.84. The predicted octanol–water partition coefficient (Wildman–Crippen LogP) is 1.51. The fourth-order valence-electron chi connectivity index (χ4n) is 3.54. The maximum atomic E-state index is 12.6. The first kappa shape index (κ1) is 23.4. The lowest BCUT2D eigenvalue weighted by atomic mass is 10.2. The lowest BCUT2D eigenvalue weighted by Crippen LogP contribution is -2.50. The molecule has 0 spiro atoms. The van der Waals surface area contributed by atoms with Crippen LogP contribution in [0.25, 0.3) is 10.9 Å². The number of rotatable bonds is 7. The predicted molar refractivity (Wildman–Crippen MR) is 117 cm³/mol. The standard InChI is InChI=1S/C21H22F3N7O3/c22-21(23,24)14-10-26-20(27-11-14)31-7-5-30(6-8-31)17(32)12-34-9-4-25-16-3-1-2-15-18(16)28-13-29-19(15)33/h1-3,10-11,13,25H,4-9,12H2,(H,28,29,33). The molecule has 0 saturated carbocycles. The van der Waals surface area contributed by atoms with Crippen molar-refractivity contribution in [3.8, 4) is 0 Å². The number of aromatic amines is 1. The number of amides is 1. The van der Waals surface area contributed by atoms with Crippen LogP contribution in [0.4, 0.5) is 24.8 Å². The number of aromatic nitrogens is 4. The lowest BCUT2D eigenvalue weighted by Gasteiger charge is -2.34. The minimum Gasteiger partial charge on any atom is -0.381 e. The molecule has 3 aromatic rings. The molecule has 4 rings (SSSR count). The normalized spacial score (nSPS) is 14.4. The van der Waals surface area contributed by atoms with Crippen LogP contribution in [-0.2, 0) is 15.7 Å². The van der Waals surface area contributed by atoms with Crippen LogP contribution >= 0.6 is 0 Å². The van der Waals surface area contributed by atoms with Crippen LogP contribution in [-0.4, -0.2) is 76.7 Å². The van der Waals surface area contributed by atoms with E-state index >= 15 is 0 Å². The van der Waals surface area contributed by atoms with E-state index in [-0.39, 0.29) is 30.6 Å². The summed E-state index contributed by atoms with van der Waals surface area (Å²) in [5, 5.41) is 3.63. The summed E-state index contributed by atoms with van der Waals surface area (Å²) in [6, 6.07) is 5.24. The van der Waals surface area contributed by atoms with Gasteiger partial charge >= 0.3 is 6.18 Å². The van der Waals surface area contributed by atoms with Gasteiger partial charge < -0.3 is 24.8 Å². The number of hydrogen-bond donors (Lipinski definition) is 2. The number of alkyl halides is 3. The number of nitrogens with zero attached hydrogens (tertiary/aromatic N) is 5. The van der Waals surface area contributed by atoms with Crippen LogP contribution in [0, 0.1) is 0 Å². The summed E-state index contributed by atoms with van der Waals surface area (Å²) in [5.41, 5.74) is 0.125. The first-order valence-corrected chi connectivity index (χ1v) is 10.5. The zero-order chi connectivity index (χ0) is 24.1. The van der Waals surface area contributed by atoms with Crippen molar-refractivity contribution >= 4 is 28.4 Å². The Kier molecular flexibility index (Phi) is 6.91. The molecule has 1 aromatic carbocycles. The Morgan fingerprint density at radius 2 is 1.85 bits per heavy atom. The highest BCUT2D eigenvalue weighted by atomic mass is 19.4. The smallest absolute Gasteiger partial charge is 0.381 e. The molecule has 0 aliphatic carbocycles. The largest absolute Gasteiger partial charge is 0.419 e. The number of fused-ring (bicyclic) bond motifs is 1. The maximum Gasteiger partial charge on any atom is 0.419 e. The number of benzene rings is 1. The number of anilines is 2. The second-order valence-corrected chi connectivity index (χ2v) is 7.55. The Morgan fingerprint density at radius 1 is 1.12 bits per heavy atom. The third-order valence-electron chi connectivity index (χ3n) is 5.34. The van der Waals surface area contributed by atoms with Crippen LogP contribution in [0.1, 0.15) is 5.56 Å². The molecule has 1 amide bonds. The van der Waals surface area contributed by atoms with Crippen molar-refractivity contribution in [1.82, 2.24) is 24.8 Å². The SMILES string of the molecule is O=C(COCCNc1cccc2c(=O)[nH]cnc12)N1CCN(c2ncc(C(F)(F)F)cn2)CC1. The highest BCUT2D eigenvalue weighted by Gasteiger charge is 2.32. The molecule has 13 heteroatoms. The van der Waals surface area contributed by atoms with Gasteiger partial charge in [-0.25, -0.2) is 15.0 Å². The Morgan fingerprint density at radius 3 is 2.56 bits per heavy atom. The second-order valence-electron chi connectivity index (χ2n) is 7.55. The van der Waals surface area contributed by atoms with E-state index in [1.807, 2.05) is 0 Å². The molecule has 0 atom stereocenters. The van der Waals surface area contributed by atoms with Gasteiger partial charge in [0, 0.05) is 45.1 Å². The zero-order valence-corrected chi connectivity index (χ0v) is 18.0. The van der Waals surface area contributed by atoms with E-state index in [9.17, 15) is 22.8 Å². The molecular weight excluding hydrogens is 455 g/mol. The molecule has 1 saturated heterocycles. The molecule has 1 aliphatic heterocycles. The number of hydrogen-bond acceptors (Lipinski definition) is 8. The zero-order valence-electron chi connectivity index (χ0n) is 18.0. The van der Waals surface area contributed by atoms with Crippen molar-refractivity contribution in [2.75, 3.05) is 56.2 Å². The van der Waals surface area contributed by atoms with E-state index in [4.69, 9.17) is 4.74 Å². The summed E-state index contributed by atoms with van der Waals surface area (Å²) < 4.78 is 43.4. The van der Waals surface area contributed by atoms with Gasteiger partial charge in [0.1, 0.15) is 12.1 Å². The number of halogens is 3. The lowest BCUT2D eigenvalue weighted by molar-refractivity contribution is -0.138. The Bertz CT molecular complexity index is 1190. The van der Waals surface area contributed by atoms with Crippen LogP contribution in [0.2, 0.25) is 0 Å². The Balaban J connectivity index is 1.19. The van der Waals surface area contributed by atoms with Crippen molar-refractivity contribution in [3.63, 3.8) is 0 Å². The molecule has 1 aliphatic rings. The van der Waals surface area contributed by atoms with Crippen molar-refractivity contribution < 1.29 is 22.7 Å². The van der Waals surface area contributed by atoms with Crippen molar-refractivity contribution in [2.45, 2.75) is 6.18 Å². The molecule has 2 aromatic heterocycles. The molecule has 1 fully saturated rings. The van der Waals surface area contributed by atoms with E-state index in [2.05, 4.69) is 25.3 Å². The monoisotopic (exact) mass is 477 g/mol. The summed E-state index contributed by atoms with van der Waals surface area (Å²) in [4.78, 5) is 41.9. The van der Waals surface area contributed by atoms with E-state index < -0.39 is 11.7 Å². The molecular formula is C21H22F3N7O3. The highest BCUT2D eigenvalue weighted by Crippen LogP contribution is 2.28. The van der Waals surface area contributed by atoms with Crippen molar-refractivity contribution in [2.24, 2.45) is 0 Å². The van der Waals surface area contributed by atoms with Gasteiger partial charge in [0.05, 0.1) is 29.6 Å². The topological polar surface area (TPSA) is 116 Å². The number of ether oxygens (including phenoxy) is 1. The number of nitrogens with one attached hydrogen (secondary N) is 2. The number of H-pyrrole nitrogens is 1. The molecule has 180 valence electrons. The number of piperazine rings is 1. The molecule has 0 bridgehead atoms. The van der Waals surface area contributed by atoms with E-state index in [0.717, 1.165) is 12.4 Å². The third-order valence-corrected chi connectivity index (χ3v) is 5.34. The van der Waals surface area contributed by atoms with E-state index in [1.54, 1.807) is 28.0 Å². The molecule has 0 unspecified atom stereocenters. The molecule has 3 heterocycles. The van der Waals surface area contributed by atoms with Gasteiger partial charge in [-0.2, -0.15) is 13.2 Å². The van der Waals surface area contributed by atoms with Crippen LogP contribution in [0.15, 0.2) is 41.7 Å². The number of carbonyl (C=O) groups is 1. The molecule has 10 nitrogen and oxygen atoms in total. The fourth-order valence-corrected chi connectivity index (χ4v) is 3.54.